The molecule has 1 aliphatic rings. The Hall–Kier alpha value is 0. The smallest absolute Gasteiger partial charge is 0.0412 e. The molecule has 1 fully saturated rings. The van der Waals surface area contributed by atoms with E-state index in [1.54, 1.807) is 0 Å². The van der Waals surface area contributed by atoms with Gasteiger partial charge in [-0.15, -0.1) is 0 Å². The Morgan fingerprint density at radius 1 is 0.409 bits per heavy atom. The Morgan fingerprint density at radius 2 is 0.682 bits per heavy atom. The van der Waals surface area contributed by atoms with Gasteiger partial charge in [-0.05, 0) is 48.9 Å². The lowest BCUT2D eigenvalue weighted by molar-refractivity contribution is 0.215. The van der Waals surface area contributed by atoms with Crippen molar-refractivity contribution in [2.24, 2.45) is 29.6 Å². The fourth-order valence-electron chi connectivity index (χ4n) is 4.75. The molecule has 0 heteroatoms. The molecule has 0 aliphatic heterocycles. The Labute approximate surface area is 141 Å². The van der Waals surface area contributed by atoms with Crippen LogP contribution in [-0.4, -0.2) is 0 Å². The third-order valence-electron chi connectivity index (χ3n) is 6.85. The van der Waals surface area contributed by atoms with Crippen molar-refractivity contribution in [2.75, 3.05) is 0 Å². The summed E-state index contributed by atoms with van der Waals surface area (Å²) in [5.74, 6) is 4.98. The SMILES string of the molecule is CCC1CCC(CC)CC(CC)CC(CC)CC(CC)CC1. The van der Waals surface area contributed by atoms with Crippen LogP contribution in [0.1, 0.15) is 112 Å². The van der Waals surface area contributed by atoms with Crippen LogP contribution in [-0.2, 0) is 0 Å². The van der Waals surface area contributed by atoms with E-state index in [9.17, 15) is 0 Å². The lowest BCUT2D eigenvalue weighted by atomic mass is 9.75. The standard InChI is InChI=1S/C22H44/c1-6-18-11-13-19(7-2)15-21(9-4)17-22(10-5)16-20(8-3)14-12-18/h18-22H,6-17H2,1-5H3. The molecule has 0 aromatic carbocycles. The molecule has 0 N–H and O–H groups in total. The summed E-state index contributed by atoms with van der Waals surface area (Å²) >= 11 is 0. The molecule has 0 spiro atoms. The van der Waals surface area contributed by atoms with Crippen molar-refractivity contribution in [3.8, 4) is 0 Å². The van der Waals surface area contributed by atoms with Crippen LogP contribution in [0.4, 0.5) is 0 Å². The van der Waals surface area contributed by atoms with E-state index >= 15 is 0 Å². The molecule has 132 valence electrons. The first kappa shape index (κ1) is 20.0. The maximum absolute atomic E-state index is 2.43. The monoisotopic (exact) mass is 308 g/mol. The van der Waals surface area contributed by atoms with Crippen molar-refractivity contribution in [1.29, 1.82) is 0 Å². The summed E-state index contributed by atoms with van der Waals surface area (Å²) in [5, 5.41) is 0. The zero-order valence-corrected chi connectivity index (χ0v) is 16.4. The van der Waals surface area contributed by atoms with Crippen LogP contribution < -0.4 is 0 Å². The van der Waals surface area contributed by atoms with Gasteiger partial charge < -0.3 is 0 Å². The van der Waals surface area contributed by atoms with E-state index in [4.69, 9.17) is 0 Å². The van der Waals surface area contributed by atoms with E-state index in [2.05, 4.69) is 34.6 Å². The molecule has 0 saturated heterocycles. The second-order valence-electron chi connectivity index (χ2n) is 8.23. The molecule has 4 unspecified atom stereocenters. The van der Waals surface area contributed by atoms with Crippen LogP contribution in [0.25, 0.3) is 0 Å². The largest absolute Gasteiger partial charge is 0.0651 e. The molecule has 1 aliphatic carbocycles. The predicted molar refractivity (Wildman–Crippen MR) is 101 cm³/mol. The van der Waals surface area contributed by atoms with Gasteiger partial charge in [-0.2, -0.15) is 0 Å². The summed E-state index contributed by atoms with van der Waals surface area (Å²) in [6.07, 6.45) is 17.5. The van der Waals surface area contributed by atoms with Crippen molar-refractivity contribution in [3.05, 3.63) is 0 Å². The minimum Gasteiger partial charge on any atom is -0.0651 e. The second kappa shape index (κ2) is 11.5. The molecule has 0 heterocycles. The van der Waals surface area contributed by atoms with Gasteiger partial charge in [-0.1, -0.05) is 92.4 Å². The highest BCUT2D eigenvalue weighted by Gasteiger charge is 2.23. The van der Waals surface area contributed by atoms with E-state index in [1.807, 2.05) is 0 Å². The van der Waals surface area contributed by atoms with Crippen LogP contribution in [0.15, 0.2) is 0 Å². The number of hydrogen-bond acceptors (Lipinski definition) is 0. The maximum atomic E-state index is 2.43. The highest BCUT2D eigenvalue weighted by Crippen LogP contribution is 2.36. The van der Waals surface area contributed by atoms with Crippen LogP contribution in [0, 0.1) is 29.6 Å². The van der Waals surface area contributed by atoms with Crippen molar-refractivity contribution < 1.29 is 0 Å². The van der Waals surface area contributed by atoms with Crippen molar-refractivity contribution >= 4 is 0 Å². The van der Waals surface area contributed by atoms with Gasteiger partial charge in [0.15, 0.2) is 0 Å². The maximum Gasteiger partial charge on any atom is -0.0412 e. The molecule has 1 rings (SSSR count). The zero-order valence-electron chi connectivity index (χ0n) is 16.4. The van der Waals surface area contributed by atoms with E-state index in [1.165, 1.54) is 77.0 Å². The summed E-state index contributed by atoms with van der Waals surface area (Å²) < 4.78 is 0. The lowest BCUT2D eigenvalue weighted by Crippen LogP contribution is -2.18. The highest BCUT2D eigenvalue weighted by molar-refractivity contribution is 4.75. The summed E-state index contributed by atoms with van der Waals surface area (Å²) in [4.78, 5) is 0. The van der Waals surface area contributed by atoms with Crippen LogP contribution in [0.2, 0.25) is 0 Å². The molecule has 4 atom stereocenters. The van der Waals surface area contributed by atoms with Gasteiger partial charge in [0.05, 0.1) is 0 Å². The van der Waals surface area contributed by atoms with Gasteiger partial charge in [0.2, 0.25) is 0 Å². The van der Waals surface area contributed by atoms with Gasteiger partial charge >= 0.3 is 0 Å². The Bertz CT molecular complexity index is 233. The fraction of sp³-hybridized carbons (Fsp3) is 1.00. The van der Waals surface area contributed by atoms with Crippen LogP contribution in [0.5, 0.6) is 0 Å². The molecular weight excluding hydrogens is 264 g/mol. The third-order valence-corrected chi connectivity index (χ3v) is 6.85. The van der Waals surface area contributed by atoms with E-state index in [0.29, 0.717) is 0 Å². The van der Waals surface area contributed by atoms with Gasteiger partial charge in [0, 0.05) is 0 Å². The first-order valence-electron chi connectivity index (χ1n) is 10.7. The molecule has 0 amide bonds. The Kier molecular flexibility index (Phi) is 10.5. The molecule has 0 bridgehead atoms. The van der Waals surface area contributed by atoms with Crippen LogP contribution >= 0.6 is 0 Å². The van der Waals surface area contributed by atoms with Crippen LogP contribution in [0.3, 0.4) is 0 Å². The molecule has 22 heavy (non-hydrogen) atoms. The lowest BCUT2D eigenvalue weighted by Gasteiger charge is -2.30. The summed E-state index contributed by atoms with van der Waals surface area (Å²) in [5.41, 5.74) is 0. The molecule has 0 aromatic heterocycles. The molecule has 0 aromatic rings. The fourth-order valence-corrected chi connectivity index (χ4v) is 4.75. The van der Waals surface area contributed by atoms with E-state index < -0.39 is 0 Å². The van der Waals surface area contributed by atoms with E-state index in [-0.39, 0.29) is 0 Å². The Morgan fingerprint density at radius 3 is 1.00 bits per heavy atom. The molecule has 0 radical (unpaired) electrons. The predicted octanol–water partition coefficient (Wildman–Crippen LogP) is 7.86. The first-order chi connectivity index (χ1) is 10.7. The normalized spacial score (nSPS) is 35.6. The summed E-state index contributed by atoms with van der Waals surface area (Å²) in [6, 6.07) is 0. The molecular formula is C22H44. The first-order valence-corrected chi connectivity index (χ1v) is 10.7. The third kappa shape index (κ3) is 7.05. The van der Waals surface area contributed by atoms with Crippen molar-refractivity contribution in [1.82, 2.24) is 0 Å². The average molecular weight is 309 g/mol. The molecule has 1 saturated carbocycles. The van der Waals surface area contributed by atoms with Crippen molar-refractivity contribution in [3.63, 3.8) is 0 Å². The van der Waals surface area contributed by atoms with Crippen molar-refractivity contribution in [2.45, 2.75) is 112 Å². The quantitative estimate of drug-likeness (QED) is 0.485. The number of rotatable bonds is 5. The summed E-state index contributed by atoms with van der Waals surface area (Å²) in [7, 11) is 0. The van der Waals surface area contributed by atoms with Gasteiger partial charge in [-0.3, -0.25) is 0 Å². The second-order valence-corrected chi connectivity index (χ2v) is 8.23. The van der Waals surface area contributed by atoms with Gasteiger partial charge in [-0.25, -0.2) is 0 Å². The number of hydrogen-bond donors (Lipinski definition) is 0. The topological polar surface area (TPSA) is 0 Å². The highest BCUT2D eigenvalue weighted by atomic mass is 14.3. The minimum absolute atomic E-state index is 0.993. The summed E-state index contributed by atoms with van der Waals surface area (Å²) in [6.45, 7) is 12.1. The van der Waals surface area contributed by atoms with Gasteiger partial charge in [0.1, 0.15) is 0 Å². The molecule has 0 nitrogen and oxygen atoms in total. The zero-order chi connectivity index (χ0) is 16.4. The van der Waals surface area contributed by atoms with Gasteiger partial charge in [0.25, 0.3) is 0 Å². The minimum atomic E-state index is 0.993. The Balaban J connectivity index is 2.77. The average Bonchev–Trinajstić information content (AvgIpc) is 2.55. The van der Waals surface area contributed by atoms with E-state index in [0.717, 1.165) is 29.6 Å².